The van der Waals surface area contributed by atoms with Gasteiger partial charge in [-0.2, -0.15) is 0 Å². The minimum Gasteiger partial charge on any atom is -0.444 e. The topological polar surface area (TPSA) is 122 Å². The van der Waals surface area contributed by atoms with Crippen molar-refractivity contribution in [3.8, 4) is 0 Å². The lowest BCUT2D eigenvalue weighted by molar-refractivity contribution is -0.140. The van der Waals surface area contributed by atoms with Crippen LogP contribution in [0.25, 0.3) is 0 Å². The van der Waals surface area contributed by atoms with E-state index in [0.717, 1.165) is 5.56 Å². The third kappa shape index (κ3) is 6.03. The molecule has 2 atom stereocenters. The molecule has 0 bridgehead atoms. The highest BCUT2D eigenvalue weighted by Gasteiger charge is 2.49. The van der Waals surface area contributed by atoms with Crippen molar-refractivity contribution in [1.29, 1.82) is 0 Å². The number of hydrogen-bond donors (Lipinski definition) is 2. The molecule has 2 fully saturated rings. The molecule has 33 heavy (non-hydrogen) atoms. The van der Waals surface area contributed by atoms with Crippen LogP contribution in [0.15, 0.2) is 30.3 Å². The molecule has 1 aromatic rings. The third-order valence-electron chi connectivity index (χ3n) is 6.08. The predicted octanol–water partition coefficient (Wildman–Crippen LogP) is 1.59. The lowest BCUT2D eigenvalue weighted by Crippen LogP contribution is -2.59. The molecule has 9 nitrogen and oxygen atoms in total. The summed E-state index contributed by atoms with van der Waals surface area (Å²) < 4.78 is 5.46. The molecule has 3 rings (SSSR count). The molecule has 3 N–H and O–H groups in total. The maximum Gasteiger partial charge on any atom is 0.410 e. The fraction of sp³-hybridized carbons (Fsp3) is 0.583. The zero-order valence-corrected chi connectivity index (χ0v) is 19.6. The van der Waals surface area contributed by atoms with Crippen LogP contribution in [-0.4, -0.2) is 70.4 Å². The molecule has 9 heteroatoms. The van der Waals surface area contributed by atoms with Crippen LogP contribution in [0.2, 0.25) is 0 Å². The van der Waals surface area contributed by atoms with Crippen molar-refractivity contribution in [1.82, 2.24) is 15.1 Å². The molecule has 0 radical (unpaired) electrons. The highest BCUT2D eigenvalue weighted by molar-refractivity contribution is 5.97. The molecule has 0 aliphatic carbocycles. The highest BCUT2D eigenvalue weighted by Crippen LogP contribution is 2.30. The lowest BCUT2D eigenvalue weighted by atomic mass is 9.89. The van der Waals surface area contributed by atoms with Gasteiger partial charge >= 0.3 is 6.09 Å². The minimum atomic E-state index is -1.15. The van der Waals surface area contributed by atoms with Gasteiger partial charge in [0.25, 0.3) is 0 Å². The first kappa shape index (κ1) is 24.5. The number of ether oxygens (including phenoxy) is 1. The average molecular weight is 459 g/mol. The van der Waals surface area contributed by atoms with Gasteiger partial charge in [0.05, 0.1) is 6.54 Å². The number of aryl methyl sites for hydroxylation is 1. The number of likely N-dealkylation sites (tertiary alicyclic amines) is 2. The second-order valence-corrected chi connectivity index (χ2v) is 9.83. The van der Waals surface area contributed by atoms with E-state index >= 15 is 0 Å². The van der Waals surface area contributed by atoms with E-state index in [0.29, 0.717) is 45.2 Å². The number of carbonyl (C=O) groups excluding carboxylic acids is 4. The molecular formula is C24H34N4O5. The Morgan fingerprint density at radius 3 is 2.52 bits per heavy atom. The second kappa shape index (κ2) is 9.80. The molecule has 0 aromatic heterocycles. The van der Waals surface area contributed by atoms with Gasteiger partial charge < -0.3 is 20.7 Å². The van der Waals surface area contributed by atoms with E-state index in [1.807, 2.05) is 30.3 Å². The Labute approximate surface area is 194 Å². The van der Waals surface area contributed by atoms with E-state index in [4.69, 9.17) is 10.5 Å². The van der Waals surface area contributed by atoms with Gasteiger partial charge in [0.15, 0.2) is 0 Å². The number of nitrogens with one attached hydrogen (secondary N) is 1. The standard InChI is InChI=1S/C24H34N4O5/c1-23(2,3)33-22(32)28-14-7-10-18(28)20(30)26-24(12-11-17-8-5-4-6-9-17)13-15-27(21(24)31)16-19(25)29/h4-6,8-9,18H,7,10-16H2,1-3H3,(H2,25,29)(H,26,30)/t18-,24+/m0/s1. The fourth-order valence-electron chi connectivity index (χ4n) is 4.49. The summed E-state index contributed by atoms with van der Waals surface area (Å²) in [7, 11) is 0. The molecule has 1 aromatic carbocycles. The van der Waals surface area contributed by atoms with Crippen molar-refractivity contribution in [2.75, 3.05) is 19.6 Å². The number of benzene rings is 1. The van der Waals surface area contributed by atoms with E-state index in [-0.39, 0.29) is 18.4 Å². The lowest BCUT2D eigenvalue weighted by Gasteiger charge is -2.33. The van der Waals surface area contributed by atoms with Crippen molar-refractivity contribution in [3.63, 3.8) is 0 Å². The number of amides is 4. The van der Waals surface area contributed by atoms with Gasteiger partial charge in [-0.05, 0) is 58.4 Å². The Kier molecular flexibility index (Phi) is 7.29. The van der Waals surface area contributed by atoms with Gasteiger partial charge in [0.2, 0.25) is 17.7 Å². The van der Waals surface area contributed by atoms with Gasteiger partial charge in [-0.1, -0.05) is 30.3 Å². The Hall–Kier alpha value is -3.10. The number of nitrogens with zero attached hydrogens (tertiary/aromatic N) is 2. The quantitative estimate of drug-likeness (QED) is 0.643. The predicted molar refractivity (Wildman–Crippen MR) is 122 cm³/mol. The van der Waals surface area contributed by atoms with Gasteiger partial charge in [0.1, 0.15) is 17.2 Å². The molecule has 2 saturated heterocycles. The van der Waals surface area contributed by atoms with E-state index in [1.54, 1.807) is 20.8 Å². The van der Waals surface area contributed by atoms with Crippen molar-refractivity contribution in [2.24, 2.45) is 5.73 Å². The molecule has 0 spiro atoms. The third-order valence-corrected chi connectivity index (χ3v) is 6.08. The summed E-state index contributed by atoms with van der Waals surface area (Å²) in [6, 6.07) is 9.00. The largest absolute Gasteiger partial charge is 0.444 e. The summed E-state index contributed by atoms with van der Waals surface area (Å²) in [5, 5.41) is 2.97. The van der Waals surface area contributed by atoms with Crippen LogP contribution in [0.5, 0.6) is 0 Å². The van der Waals surface area contributed by atoms with E-state index < -0.39 is 29.2 Å². The SMILES string of the molecule is CC(C)(C)OC(=O)N1CCC[C@H]1C(=O)N[C@]1(CCc2ccccc2)CCN(CC(N)=O)C1=O. The van der Waals surface area contributed by atoms with Gasteiger partial charge in [0, 0.05) is 13.1 Å². The van der Waals surface area contributed by atoms with E-state index in [1.165, 1.54) is 9.80 Å². The summed E-state index contributed by atoms with van der Waals surface area (Å²) in [5.74, 6) is -1.28. The zero-order chi connectivity index (χ0) is 24.2. The van der Waals surface area contributed by atoms with Crippen LogP contribution in [0, 0.1) is 0 Å². The highest BCUT2D eigenvalue weighted by atomic mass is 16.6. The molecule has 4 amide bonds. The van der Waals surface area contributed by atoms with Crippen LogP contribution in [0.1, 0.15) is 52.0 Å². The normalized spacial score (nSPS) is 23.0. The number of carbonyl (C=O) groups is 4. The van der Waals surface area contributed by atoms with E-state index in [9.17, 15) is 19.2 Å². The van der Waals surface area contributed by atoms with Crippen molar-refractivity contribution in [2.45, 2.75) is 70.1 Å². The first-order chi connectivity index (χ1) is 15.5. The maximum absolute atomic E-state index is 13.3. The van der Waals surface area contributed by atoms with Crippen molar-refractivity contribution >= 4 is 23.8 Å². The summed E-state index contributed by atoms with van der Waals surface area (Å²) in [5.41, 5.74) is 4.54. The summed E-state index contributed by atoms with van der Waals surface area (Å²) in [4.78, 5) is 53.6. The summed E-state index contributed by atoms with van der Waals surface area (Å²) >= 11 is 0. The molecule has 180 valence electrons. The van der Waals surface area contributed by atoms with Gasteiger partial charge in [-0.3, -0.25) is 19.3 Å². The van der Waals surface area contributed by atoms with Crippen molar-refractivity contribution < 1.29 is 23.9 Å². The zero-order valence-electron chi connectivity index (χ0n) is 19.6. The first-order valence-electron chi connectivity index (χ1n) is 11.4. The van der Waals surface area contributed by atoms with Crippen molar-refractivity contribution in [3.05, 3.63) is 35.9 Å². The summed E-state index contributed by atoms with van der Waals surface area (Å²) in [6.45, 7) is 5.90. The van der Waals surface area contributed by atoms with Gasteiger partial charge in [-0.15, -0.1) is 0 Å². The Bertz CT molecular complexity index is 898. The molecule has 2 aliphatic heterocycles. The minimum absolute atomic E-state index is 0.185. The molecule has 2 aliphatic rings. The number of primary amides is 1. The number of nitrogens with two attached hydrogens (primary N) is 1. The van der Waals surface area contributed by atoms with Crippen LogP contribution >= 0.6 is 0 Å². The van der Waals surface area contributed by atoms with Crippen LogP contribution < -0.4 is 11.1 Å². The Morgan fingerprint density at radius 2 is 1.88 bits per heavy atom. The monoisotopic (exact) mass is 458 g/mol. The molecular weight excluding hydrogens is 424 g/mol. The van der Waals surface area contributed by atoms with Crippen LogP contribution in [-0.2, 0) is 25.5 Å². The van der Waals surface area contributed by atoms with Crippen LogP contribution in [0.4, 0.5) is 4.79 Å². The fourth-order valence-corrected chi connectivity index (χ4v) is 4.49. The molecule has 0 saturated carbocycles. The van der Waals surface area contributed by atoms with Gasteiger partial charge in [-0.25, -0.2) is 4.79 Å². The maximum atomic E-state index is 13.3. The first-order valence-corrected chi connectivity index (χ1v) is 11.4. The number of rotatable bonds is 7. The molecule has 0 unspecified atom stereocenters. The second-order valence-electron chi connectivity index (χ2n) is 9.83. The molecule has 2 heterocycles. The smallest absolute Gasteiger partial charge is 0.410 e. The Morgan fingerprint density at radius 1 is 1.18 bits per heavy atom. The van der Waals surface area contributed by atoms with Crippen LogP contribution in [0.3, 0.4) is 0 Å². The number of hydrogen-bond acceptors (Lipinski definition) is 5. The average Bonchev–Trinajstić information content (AvgIpc) is 3.33. The Balaban J connectivity index is 1.78. The summed E-state index contributed by atoms with van der Waals surface area (Å²) in [6.07, 6.45) is 1.98. The van der Waals surface area contributed by atoms with E-state index in [2.05, 4.69) is 5.32 Å².